The zero-order valence-electron chi connectivity index (χ0n) is 12.0. The summed E-state index contributed by atoms with van der Waals surface area (Å²) in [5.41, 5.74) is 0.120. The first-order valence-corrected chi connectivity index (χ1v) is 7.83. The van der Waals surface area contributed by atoms with Crippen LogP contribution in [0.1, 0.15) is 44.9 Å². The van der Waals surface area contributed by atoms with Gasteiger partial charge in [0, 0.05) is 32.7 Å². The van der Waals surface area contributed by atoms with Crippen LogP contribution in [-0.2, 0) is 14.3 Å². The van der Waals surface area contributed by atoms with Crippen LogP contribution in [0.2, 0.25) is 0 Å². The van der Waals surface area contributed by atoms with Crippen molar-refractivity contribution < 1.29 is 14.3 Å². The fourth-order valence-corrected chi connectivity index (χ4v) is 3.63. The number of hydrogen-bond acceptors (Lipinski definition) is 3. The fourth-order valence-electron chi connectivity index (χ4n) is 3.63. The fraction of sp³-hybridized carbons (Fsp3) is 0.867. The lowest BCUT2D eigenvalue weighted by atomic mass is 9.77. The number of piperidine rings is 1. The van der Waals surface area contributed by atoms with Gasteiger partial charge in [0.1, 0.15) is 0 Å². The van der Waals surface area contributed by atoms with Crippen LogP contribution in [0.3, 0.4) is 0 Å². The second-order valence-electron chi connectivity index (χ2n) is 6.53. The molecule has 0 saturated carbocycles. The van der Waals surface area contributed by atoms with Crippen LogP contribution in [0, 0.1) is 5.41 Å². The first kappa shape index (κ1) is 13.9. The summed E-state index contributed by atoms with van der Waals surface area (Å²) < 4.78 is 5.64. The molecule has 3 heterocycles. The minimum atomic E-state index is 0.120. The number of nitrogens with one attached hydrogen (secondary N) is 1. The van der Waals surface area contributed by atoms with Gasteiger partial charge < -0.3 is 15.0 Å². The maximum absolute atomic E-state index is 12.3. The maximum atomic E-state index is 12.3. The van der Waals surface area contributed by atoms with Crippen molar-refractivity contribution in [2.75, 3.05) is 26.2 Å². The Balaban J connectivity index is 1.47. The summed E-state index contributed by atoms with van der Waals surface area (Å²) in [5.74, 6) is 0.393. The van der Waals surface area contributed by atoms with Crippen molar-refractivity contribution in [2.45, 2.75) is 51.0 Å². The molecule has 112 valence electrons. The number of likely N-dealkylation sites (tertiary alicyclic amines) is 1. The van der Waals surface area contributed by atoms with Crippen LogP contribution >= 0.6 is 0 Å². The highest BCUT2D eigenvalue weighted by atomic mass is 16.5. The van der Waals surface area contributed by atoms with Crippen LogP contribution < -0.4 is 5.32 Å². The second-order valence-corrected chi connectivity index (χ2v) is 6.53. The first-order chi connectivity index (χ1) is 9.67. The zero-order chi connectivity index (χ0) is 14.0. The maximum Gasteiger partial charge on any atom is 0.225 e. The smallest absolute Gasteiger partial charge is 0.225 e. The van der Waals surface area contributed by atoms with E-state index in [2.05, 4.69) is 5.32 Å². The molecule has 0 aliphatic carbocycles. The first-order valence-electron chi connectivity index (χ1n) is 7.83. The Morgan fingerprint density at radius 1 is 1.35 bits per heavy atom. The van der Waals surface area contributed by atoms with Crippen LogP contribution in [0.4, 0.5) is 0 Å². The summed E-state index contributed by atoms with van der Waals surface area (Å²) in [6.45, 7) is 3.18. The minimum absolute atomic E-state index is 0.120. The lowest BCUT2D eigenvalue weighted by Gasteiger charge is -2.38. The molecule has 5 nitrogen and oxygen atoms in total. The Morgan fingerprint density at radius 3 is 2.75 bits per heavy atom. The average molecular weight is 280 g/mol. The molecule has 3 aliphatic rings. The van der Waals surface area contributed by atoms with E-state index < -0.39 is 0 Å². The minimum Gasteiger partial charge on any atom is -0.378 e. The molecule has 20 heavy (non-hydrogen) atoms. The molecule has 3 aliphatic heterocycles. The predicted octanol–water partition coefficient (Wildman–Crippen LogP) is 1.07. The van der Waals surface area contributed by atoms with Crippen molar-refractivity contribution in [3.05, 3.63) is 0 Å². The van der Waals surface area contributed by atoms with Crippen molar-refractivity contribution in [3.8, 4) is 0 Å². The van der Waals surface area contributed by atoms with Crippen molar-refractivity contribution in [1.82, 2.24) is 10.2 Å². The molecular formula is C15H24N2O3. The number of ether oxygens (including phenoxy) is 1. The quantitative estimate of drug-likeness (QED) is 0.823. The molecule has 0 aromatic carbocycles. The van der Waals surface area contributed by atoms with Gasteiger partial charge in [-0.2, -0.15) is 0 Å². The molecule has 1 N–H and O–H groups in total. The Hall–Kier alpha value is -1.10. The number of nitrogens with zero attached hydrogens (tertiary/aromatic N) is 1. The van der Waals surface area contributed by atoms with Gasteiger partial charge in [0.25, 0.3) is 0 Å². The summed E-state index contributed by atoms with van der Waals surface area (Å²) in [6.07, 6.45) is 6.51. The van der Waals surface area contributed by atoms with E-state index in [-0.39, 0.29) is 23.3 Å². The van der Waals surface area contributed by atoms with Crippen LogP contribution in [0.5, 0.6) is 0 Å². The highest BCUT2D eigenvalue weighted by Crippen LogP contribution is 2.37. The van der Waals surface area contributed by atoms with E-state index in [1.807, 2.05) is 4.90 Å². The van der Waals surface area contributed by atoms with Gasteiger partial charge in [-0.25, -0.2) is 0 Å². The highest BCUT2D eigenvalue weighted by Gasteiger charge is 2.41. The Kier molecular flexibility index (Phi) is 3.96. The largest absolute Gasteiger partial charge is 0.378 e. The number of amides is 2. The van der Waals surface area contributed by atoms with Gasteiger partial charge in [-0.15, -0.1) is 0 Å². The zero-order valence-corrected chi connectivity index (χ0v) is 12.0. The normalized spacial score (nSPS) is 29.5. The third-order valence-electron chi connectivity index (χ3n) is 5.05. The van der Waals surface area contributed by atoms with E-state index >= 15 is 0 Å². The molecule has 2 amide bonds. The highest BCUT2D eigenvalue weighted by molar-refractivity contribution is 5.79. The molecule has 0 aromatic heterocycles. The molecule has 1 spiro atoms. The summed E-state index contributed by atoms with van der Waals surface area (Å²) in [6, 6.07) is 0. The Morgan fingerprint density at radius 2 is 2.15 bits per heavy atom. The monoisotopic (exact) mass is 280 g/mol. The van der Waals surface area contributed by atoms with E-state index in [1.165, 1.54) is 6.42 Å². The molecule has 3 rings (SSSR count). The van der Waals surface area contributed by atoms with Gasteiger partial charge in [-0.05, 0) is 37.5 Å². The van der Waals surface area contributed by atoms with E-state index in [0.29, 0.717) is 12.8 Å². The molecule has 0 radical (unpaired) electrons. The molecule has 1 unspecified atom stereocenters. The molecule has 0 aromatic rings. The van der Waals surface area contributed by atoms with Gasteiger partial charge in [0.2, 0.25) is 11.8 Å². The summed E-state index contributed by atoms with van der Waals surface area (Å²) in [7, 11) is 0. The predicted molar refractivity (Wildman–Crippen MR) is 74.1 cm³/mol. The van der Waals surface area contributed by atoms with E-state index in [9.17, 15) is 9.59 Å². The molecular weight excluding hydrogens is 256 g/mol. The van der Waals surface area contributed by atoms with Crippen molar-refractivity contribution >= 4 is 11.8 Å². The number of carbonyl (C=O) groups is 2. The third-order valence-corrected chi connectivity index (χ3v) is 5.05. The molecule has 3 fully saturated rings. The summed E-state index contributed by atoms with van der Waals surface area (Å²) in [4.78, 5) is 25.6. The molecule has 5 heteroatoms. The number of carbonyl (C=O) groups excluding carboxylic acids is 2. The average Bonchev–Trinajstić information content (AvgIpc) is 2.81. The Bertz CT molecular complexity index is 383. The van der Waals surface area contributed by atoms with Crippen molar-refractivity contribution in [3.63, 3.8) is 0 Å². The summed E-state index contributed by atoms with van der Waals surface area (Å²) >= 11 is 0. The van der Waals surface area contributed by atoms with Gasteiger partial charge in [0.15, 0.2) is 0 Å². The number of rotatable bonds is 2. The van der Waals surface area contributed by atoms with Gasteiger partial charge in [-0.3, -0.25) is 9.59 Å². The number of hydrogen-bond donors (Lipinski definition) is 1. The topological polar surface area (TPSA) is 58.6 Å². The van der Waals surface area contributed by atoms with Crippen LogP contribution in [-0.4, -0.2) is 49.1 Å². The SMILES string of the molecule is O=C1CC2(CCN(C(=O)CC3CCCCO3)CC2)CN1. The standard InChI is InChI=1S/C15H24N2O3/c18-13-10-15(11-16-13)4-6-17(7-5-15)14(19)9-12-3-1-2-8-20-12/h12H,1-11H2,(H,16,18). The van der Waals surface area contributed by atoms with E-state index in [0.717, 1.165) is 51.9 Å². The van der Waals surface area contributed by atoms with E-state index in [4.69, 9.17) is 4.74 Å². The molecule has 1 atom stereocenters. The van der Waals surface area contributed by atoms with Gasteiger partial charge in [0.05, 0.1) is 12.5 Å². The Labute approximate surface area is 120 Å². The molecule has 0 bridgehead atoms. The third kappa shape index (κ3) is 2.97. The van der Waals surface area contributed by atoms with Gasteiger partial charge >= 0.3 is 0 Å². The lowest BCUT2D eigenvalue weighted by molar-refractivity contribution is -0.137. The molecule has 3 saturated heterocycles. The van der Waals surface area contributed by atoms with Crippen molar-refractivity contribution in [2.24, 2.45) is 5.41 Å². The summed E-state index contributed by atoms with van der Waals surface area (Å²) in [5, 5.41) is 2.93. The van der Waals surface area contributed by atoms with Crippen LogP contribution in [0.15, 0.2) is 0 Å². The second kappa shape index (κ2) is 5.72. The van der Waals surface area contributed by atoms with Gasteiger partial charge in [-0.1, -0.05) is 0 Å². The lowest BCUT2D eigenvalue weighted by Crippen LogP contribution is -2.45. The van der Waals surface area contributed by atoms with E-state index in [1.54, 1.807) is 0 Å². The van der Waals surface area contributed by atoms with Crippen molar-refractivity contribution in [1.29, 1.82) is 0 Å². The van der Waals surface area contributed by atoms with Crippen LogP contribution in [0.25, 0.3) is 0 Å².